The highest BCUT2D eigenvalue weighted by Crippen LogP contribution is 2.30. The molecule has 1 heterocycles. The Labute approximate surface area is 95.7 Å². The number of nitrogens with zero attached hydrogens (tertiary/aromatic N) is 2. The molecule has 90 valence electrons. The number of aromatic nitrogens is 2. The van der Waals surface area contributed by atoms with Gasteiger partial charge < -0.3 is 10.3 Å². The van der Waals surface area contributed by atoms with Crippen molar-refractivity contribution in [2.75, 3.05) is 0 Å². The van der Waals surface area contributed by atoms with Crippen molar-refractivity contribution in [2.45, 2.75) is 12.7 Å². The van der Waals surface area contributed by atoms with Crippen LogP contribution in [0.3, 0.4) is 0 Å². The van der Waals surface area contributed by atoms with Crippen LogP contribution in [0.5, 0.6) is 0 Å². The molecule has 1 aromatic carbocycles. The fourth-order valence-corrected chi connectivity index (χ4v) is 1.45. The molecule has 2 rings (SSSR count). The van der Waals surface area contributed by atoms with Crippen molar-refractivity contribution in [2.24, 2.45) is 5.73 Å². The van der Waals surface area contributed by atoms with Gasteiger partial charge in [0.25, 0.3) is 0 Å². The zero-order valence-electron chi connectivity index (χ0n) is 8.78. The summed E-state index contributed by atoms with van der Waals surface area (Å²) in [6.45, 7) is 0.256. The van der Waals surface area contributed by atoms with E-state index in [4.69, 9.17) is 5.73 Å². The summed E-state index contributed by atoms with van der Waals surface area (Å²) in [7, 11) is 0. The standard InChI is InChI=1S/C11H10F3N3/c12-11(13,14)8-2-1-3-10(4-8)17-6-9(5-15)16-7-17/h1-4,6-7H,5,15H2. The van der Waals surface area contributed by atoms with E-state index < -0.39 is 11.7 Å². The molecule has 0 unspecified atom stereocenters. The molecule has 6 heteroatoms. The Bertz CT molecular complexity index is 517. The molecule has 3 nitrogen and oxygen atoms in total. The topological polar surface area (TPSA) is 43.8 Å². The Hall–Kier alpha value is -1.82. The van der Waals surface area contributed by atoms with Gasteiger partial charge in [0.2, 0.25) is 0 Å². The Morgan fingerprint density at radius 1 is 1.29 bits per heavy atom. The van der Waals surface area contributed by atoms with Crippen LogP contribution in [0.25, 0.3) is 5.69 Å². The van der Waals surface area contributed by atoms with Crippen molar-refractivity contribution in [1.29, 1.82) is 0 Å². The van der Waals surface area contributed by atoms with Crippen LogP contribution in [0.4, 0.5) is 13.2 Å². The van der Waals surface area contributed by atoms with E-state index in [1.807, 2.05) is 0 Å². The third-order valence-electron chi connectivity index (χ3n) is 2.32. The van der Waals surface area contributed by atoms with Crippen molar-refractivity contribution in [3.05, 3.63) is 48.0 Å². The van der Waals surface area contributed by atoms with E-state index in [-0.39, 0.29) is 6.54 Å². The minimum Gasteiger partial charge on any atom is -0.325 e. The summed E-state index contributed by atoms with van der Waals surface area (Å²) >= 11 is 0. The summed E-state index contributed by atoms with van der Waals surface area (Å²) in [5.41, 5.74) is 5.74. The first kappa shape index (κ1) is 11.7. The molecule has 2 N–H and O–H groups in total. The van der Waals surface area contributed by atoms with Crippen LogP contribution in [0.2, 0.25) is 0 Å². The second-order valence-electron chi connectivity index (χ2n) is 3.52. The van der Waals surface area contributed by atoms with Crippen LogP contribution in [0, 0.1) is 0 Å². The van der Waals surface area contributed by atoms with Crippen LogP contribution in [0.1, 0.15) is 11.3 Å². The Kier molecular flexibility index (Phi) is 2.89. The molecule has 0 saturated carbocycles. The number of halogens is 3. The van der Waals surface area contributed by atoms with Crippen LogP contribution in [-0.2, 0) is 12.7 Å². The zero-order valence-corrected chi connectivity index (χ0v) is 8.78. The second kappa shape index (κ2) is 4.21. The van der Waals surface area contributed by atoms with Gasteiger partial charge in [-0.3, -0.25) is 0 Å². The number of benzene rings is 1. The lowest BCUT2D eigenvalue weighted by Crippen LogP contribution is -2.05. The van der Waals surface area contributed by atoms with E-state index in [1.54, 1.807) is 12.3 Å². The molecule has 0 atom stereocenters. The van der Waals surface area contributed by atoms with Gasteiger partial charge in [0.1, 0.15) is 0 Å². The lowest BCUT2D eigenvalue weighted by molar-refractivity contribution is -0.137. The Morgan fingerprint density at radius 2 is 2.06 bits per heavy atom. The van der Waals surface area contributed by atoms with Gasteiger partial charge in [-0.15, -0.1) is 0 Å². The van der Waals surface area contributed by atoms with Crippen LogP contribution in [0.15, 0.2) is 36.8 Å². The monoisotopic (exact) mass is 241 g/mol. The van der Waals surface area contributed by atoms with E-state index in [0.29, 0.717) is 11.4 Å². The van der Waals surface area contributed by atoms with Crippen LogP contribution >= 0.6 is 0 Å². The largest absolute Gasteiger partial charge is 0.416 e. The fraction of sp³-hybridized carbons (Fsp3) is 0.182. The maximum absolute atomic E-state index is 12.5. The van der Waals surface area contributed by atoms with Crippen LogP contribution < -0.4 is 5.73 Å². The first-order valence-electron chi connectivity index (χ1n) is 4.91. The number of hydrogen-bond donors (Lipinski definition) is 1. The molecule has 0 saturated heterocycles. The van der Waals surface area contributed by atoms with Gasteiger partial charge in [0.05, 0.1) is 17.6 Å². The van der Waals surface area contributed by atoms with Gasteiger partial charge in [0.15, 0.2) is 0 Å². The number of hydrogen-bond acceptors (Lipinski definition) is 2. The molecule has 0 aliphatic rings. The van der Waals surface area contributed by atoms with Gasteiger partial charge in [-0.1, -0.05) is 6.07 Å². The van der Waals surface area contributed by atoms with E-state index in [1.165, 1.54) is 17.0 Å². The normalized spacial score (nSPS) is 11.8. The minimum absolute atomic E-state index is 0.256. The first-order valence-corrected chi connectivity index (χ1v) is 4.91. The van der Waals surface area contributed by atoms with Crippen LogP contribution in [-0.4, -0.2) is 9.55 Å². The molecule has 0 bridgehead atoms. The average Bonchev–Trinajstić information content (AvgIpc) is 2.76. The summed E-state index contributed by atoms with van der Waals surface area (Å²) in [6.07, 6.45) is -1.29. The van der Waals surface area contributed by atoms with Gasteiger partial charge in [0, 0.05) is 18.4 Å². The summed E-state index contributed by atoms with van der Waals surface area (Å²) in [5.74, 6) is 0. The fourth-order valence-electron chi connectivity index (χ4n) is 1.45. The lowest BCUT2D eigenvalue weighted by atomic mass is 10.2. The number of imidazole rings is 1. The smallest absolute Gasteiger partial charge is 0.325 e. The number of nitrogens with two attached hydrogens (primary N) is 1. The van der Waals surface area contributed by atoms with Gasteiger partial charge in [-0.2, -0.15) is 13.2 Å². The first-order chi connectivity index (χ1) is 8.00. The molecule has 17 heavy (non-hydrogen) atoms. The second-order valence-corrected chi connectivity index (χ2v) is 3.52. The van der Waals surface area contributed by atoms with Crippen molar-refractivity contribution in [3.8, 4) is 5.69 Å². The number of alkyl halides is 3. The van der Waals surface area contributed by atoms with Crippen molar-refractivity contribution >= 4 is 0 Å². The molecule has 1 aromatic heterocycles. The minimum atomic E-state index is -4.34. The highest BCUT2D eigenvalue weighted by atomic mass is 19.4. The lowest BCUT2D eigenvalue weighted by Gasteiger charge is -2.08. The molecule has 0 spiro atoms. The van der Waals surface area contributed by atoms with E-state index in [9.17, 15) is 13.2 Å². The molecule has 0 aliphatic carbocycles. The third-order valence-corrected chi connectivity index (χ3v) is 2.32. The maximum Gasteiger partial charge on any atom is 0.416 e. The molecule has 0 radical (unpaired) electrons. The predicted molar refractivity (Wildman–Crippen MR) is 56.5 cm³/mol. The zero-order chi connectivity index (χ0) is 12.5. The summed E-state index contributed by atoms with van der Waals surface area (Å²) < 4.78 is 39.0. The Morgan fingerprint density at radius 3 is 2.65 bits per heavy atom. The Balaban J connectivity index is 2.39. The summed E-state index contributed by atoms with van der Waals surface area (Å²) in [4.78, 5) is 3.96. The molecular weight excluding hydrogens is 231 g/mol. The number of rotatable bonds is 2. The maximum atomic E-state index is 12.5. The molecule has 0 amide bonds. The highest BCUT2D eigenvalue weighted by Gasteiger charge is 2.30. The molecular formula is C11H10F3N3. The quantitative estimate of drug-likeness (QED) is 0.877. The van der Waals surface area contributed by atoms with Crippen molar-refractivity contribution in [1.82, 2.24) is 9.55 Å². The van der Waals surface area contributed by atoms with Crippen molar-refractivity contribution < 1.29 is 13.2 Å². The van der Waals surface area contributed by atoms with Gasteiger partial charge >= 0.3 is 6.18 Å². The third kappa shape index (κ3) is 2.47. The molecule has 2 aromatic rings. The summed E-state index contributed by atoms with van der Waals surface area (Å²) in [5, 5.41) is 0. The SMILES string of the molecule is NCc1cn(-c2cccc(C(F)(F)F)c2)cn1. The van der Waals surface area contributed by atoms with Gasteiger partial charge in [-0.05, 0) is 18.2 Å². The van der Waals surface area contributed by atoms with E-state index >= 15 is 0 Å². The highest BCUT2D eigenvalue weighted by molar-refractivity contribution is 5.37. The summed E-state index contributed by atoms with van der Waals surface area (Å²) in [6, 6.07) is 5.05. The van der Waals surface area contributed by atoms with Gasteiger partial charge in [-0.25, -0.2) is 4.98 Å². The van der Waals surface area contributed by atoms with E-state index in [0.717, 1.165) is 12.1 Å². The predicted octanol–water partition coefficient (Wildman–Crippen LogP) is 2.35. The van der Waals surface area contributed by atoms with E-state index in [2.05, 4.69) is 4.98 Å². The molecule has 0 fully saturated rings. The average molecular weight is 241 g/mol. The molecule has 0 aliphatic heterocycles. The van der Waals surface area contributed by atoms with Crippen molar-refractivity contribution in [3.63, 3.8) is 0 Å².